The molecule has 0 bridgehead atoms. The third-order valence-electron chi connectivity index (χ3n) is 2.55. The number of hydrogen-bond donors (Lipinski definition) is 3. The second-order valence-corrected chi connectivity index (χ2v) is 4.05. The molecule has 0 radical (unpaired) electrons. The van der Waals surface area contributed by atoms with Crippen molar-refractivity contribution >= 4 is 17.3 Å². The second kappa shape index (κ2) is 8.34. The smallest absolute Gasteiger partial charge is 0.248 e. The Morgan fingerprint density at radius 1 is 1.32 bits per heavy atom. The first-order chi connectivity index (χ1) is 9.15. The Hall–Kier alpha value is -1.79. The van der Waals surface area contributed by atoms with Gasteiger partial charge in [0.25, 0.3) is 0 Å². The predicted molar refractivity (Wildman–Crippen MR) is 75.2 cm³/mol. The predicted octanol–water partition coefficient (Wildman–Crippen LogP) is 0.833. The Morgan fingerprint density at radius 3 is 2.74 bits per heavy atom. The minimum atomic E-state index is -0.482. The molecule has 0 aliphatic heterocycles. The van der Waals surface area contributed by atoms with E-state index in [4.69, 9.17) is 20.9 Å². The summed E-state index contributed by atoms with van der Waals surface area (Å²) < 4.78 is 10.2. The van der Waals surface area contributed by atoms with Gasteiger partial charge in [0.05, 0.1) is 24.6 Å². The van der Waals surface area contributed by atoms with Crippen molar-refractivity contribution in [3.05, 3.63) is 23.8 Å². The van der Waals surface area contributed by atoms with E-state index in [-0.39, 0.29) is 0 Å². The first-order valence-electron chi connectivity index (χ1n) is 6.15. The van der Waals surface area contributed by atoms with Gasteiger partial charge in [-0.15, -0.1) is 0 Å². The van der Waals surface area contributed by atoms with Gasteiger partial charge in [-0.1, -0.05) is 0 Å². The zero-order valence-electron chi connectivity index (χ0n) is 11.1. The van der Waals surface area contributed by atoms with Gasteiger partial charge >= 0.3 is 0 Å². The lowest BCUT2D eigenvalue weighted by Crippen LogP contribution is -2.13. The van der Waals surface area contributed by atoms with Crippen LogP contribution in [0, 0.1) is 0 Å². The SMILES string of the molecule is COCCOCCCNc1ccc(C(N)=O)cc1N. The van der Waals surface area contributed by atoms with Crippen LogP contribution in [-0.2, 0) is 9.47 Å². The summed E-state index contributed by atoms with van der Waals surface area (Å²) in [7, 11) is 1.64. The Bertz CT molecular complexity index is 410. The Kier molecular flexibility index (Phi) is 6.70. The molecule has 19 heavy (non-hydrogen) atoms. The maximum absolute atomic E-state index is 11.0. The average molecular weight is 267 g/mol. The third-order valence-corrected chi connectivity index (χ3v) is 2.55. The molecular weight excluding hydrogens is 246 g/mol. The van der Waals surface area contributed by atoms with E-state index < -0.39 is 5.91 Å². The Morgan fingerprint density at radius 2 is 2.11 bits per heavy atom. The lowest BCUT2D eigenvalue weighted by atomic mass is 10.1. The van der Waals surface area contributed by atoms with Crippen LogP contribution >= 0.6 is 0 Å². The van der Waals surface area contributed by atoms with Crippen LogP contribution in [-0.4, -0.2) is 39.4 Å². The molecule has 6 heteroatoms. The van der Waals surface area contributed by atoms with Crippen LogP contribution in [0.5, 0.6) is 0 Å². The molecular formula is C13H21N3O3. The number of anilines is 2. The molecule has 0 aromatic heterocycles. The van der Waals surface area contributed by atoms with E-state index in [1.54, 1.807) is 25.3 Å². The van der Waals surface area contributed by atoms with Crippen LogP contribution in [0.15, 0.2) is 18.2 Å². The molecule has 106 valence electrons. The van der Waals surface area contributed by atoms with Crippen molar-refractivity contribution in [2.45, 2.75) is 6.42 Å². The van der Waals surface area contributed by atoms with E-state index in [9.17, 15) is 4.79 Å². The van der Waals surface area contributed by atoms with Crippen LogP contribution in [0.2, 0.25) is 0 Å². The van der Waals surface area contributed by atoms with Gasteiger partial charge in [-0.3, -0.25) is 4.79 Å². The van der Waals surface area contributed by atoms with Crippen LogP contribution in [0.25, 0.3) is 0 Å². The van der Waals surface area contributed by atoms with Crippen LogP contribution in [0.1, 0.15) is 16.8 Å². The molecule has 0 atom stereocenters. The number of rotatable bonds is 9. The molecule has 1 amide bonds. The van der Waals surface area contributed by atoms with Crippen molar-refractivity contribution in [1.82, 2.24) is 0 Å². The Labute approximate surface area is 113 Å². The number of carbonyl (C=O) groups excluding carboxylic acids is 1. The summed E-state index contributed by atoms with van der Waals surface area (Å²) in [5, 5.41) is 3.18. The lowest BCUT2D eigenvalue weighted by molar-refractivity contribution is 0.0705. The number of carbonyl (C=O) groups is 1. The molecule has 1 aromatic rings. The van der Waals surface area contributed by atoms with E-state index in [0.717, 1.165) is 18.7 Å². The maximum Gasteiger partial charge on any atom is 0.248 e. The number of hydrogen-bond acceptors (Lipinski definition) is 5. The molecule has 0 fully saturated rings. The van der Waals surface area contributed by atoms with Gasteiger partial charge in [0.2, 0.25) is 5.91 Å². The monoisotopic (exact) mass is 267 g/mol. The standard InChI is InChI=1S/C13H21N3O3/c1-18-7-8-19-6-2-5-16-12-4-3-10(13(15)17)9-11(12)14/h3-4,9,16H,2,5-8,14H2,1H3,(H2,15,17). The number of nitrogens with two attached hydrogens (primary N) is 2. The molecule has 0 unspecified atom stereocenters. The highest BCUT2D eigenvalue weighted by Gasteiger charge is 2.04. The lowest BCUT2D eigenvalue weighted by Gasteiger charge is -2.10. The number of ether oxygens (including phenoxy) is 2. The van der Waals surface area contributed by atoms with E-state index in [2.05, 4.69) is 5.32 Å². The summed E-state index contributed by atoms with van der Waals surface area (Å²) in [6, 6.07) is 4.97. The highest BCUT2D eigenvalue weighted by Crippen LogP contribution is 2.19. The summed E-state index contributed by atoms with van der Waals surface area (Å²) in [4.78, 5) is 11.0. The average Bonchev–Trinajstić information content (AvgIpc) is 2.39. The molecule has 6 nitrogen and oxygen atoms in total. The zero-order chi connectivity index (χ0) is 14.1. The van der Waals surface area contributed by atoms with Gasteiger partial charge in [0.1, 0.15) is 0 Å². The molecule has 1 rings (SSSR count). The largest absolute Gasteiger partial charge is 0.397 e. The minimum absolute atomic E-state index is 0.408. The van der Waals surface area contributed by atoms with Gasteiger partial charge in [-0.25, -0.2) is 0 Å². The first-order valence-corrected chi connectivity index (χ1v) is 6.15. The number of benzene rings is 1. The minimum Gasteiger partial charge on any atom is -0.397 e. The summed E-state index contributed by atoms with van der Waals surface area (Å²) in [5.74, 6) is -0.482. The maximum atomic E-state index is 11.0. The first kappa shape index (κ1) is 15.3. The number of primary amides is 1. The Balaban J connectivity index is 2.28. The van der Waals surface area contributed by atoms with Crippen LogP contribution in [0.4, 0.5) is 11.4 Å². The second-order valence-electron chi connectivity index (χ2n) is 4.05. The van der Waals surface area contributed by atoms with E-state index in [1.165, 1.54) is 0 Å². The molecule has 0 saturated carbocycles. The molecule has 0 aliphatic carbocycles. The number of nitrogens with one attached hydrogen (secondary N) is 1. The van der Waals surface area contributed by atoms with Gasteiger partial charge in [0, 0.05) is 25.8 Å². The topological polar surface area (TPSA) is 99.6 Å². The van der Waals surface area contributed by atoms with Crippen molar-refractivity contribution in [2.75, 3.05) is 44.5 Å². The fourth-order valence-corrected chi connectivity index (χ4v) is 1.52. The summed E-state index contributed by atoms with van der Waals surface area (Å²) >= 11 is 0. The van der Waals surface area contributed by atoms with Crippen molar-refractivity contribution in [3.8, 4) is 0 Å². The summed E-state index contributed by atoms with van der Waals surface area (Å²) in [5.41, 5.74) is 12.7. The van der Waals surface area contributed by atoms with Gasteiger partial charge in [0.15, 0.2) is 0 Å². The molecule has 5 N–H and O–H groups in total. The third kappa shape index (κ3) is 5.58. The van der Waals surface area contributed by atoms with Crippen molar-refractivity contribution < 1.29 is 14.3 Å². The number of nitrogen functional groups attached to an aromatic ring is 1. The quantitative estimate of drug-likeness (QED) is 0.454. The fraction of sp³-hybridized carbons (Fsp3) is 0.462. The van der Waals surface area contributed by atoms with Gasteiger partial charge in [-0.05, 0) is 24.6 Å². The molecule has 0 aliphatic rings. The highest BCUT2D eigenvalue weighted by atomic mass is 16.5. The molecule has 0 heterocycles. The fourth-order valence-electron chi connectivity index (χ4n) is 1.52. The highest BCUT2D eigenvalue weighted by molar-refractivity contribution is 5.94. The number of methoxy groups -OCH3 is 1. The summed E-state index contributed by atoms with van der Waals surface area (Å²) in [6.45, 7) is 2.61. The number of amides is 1. The van der Waals surface area contributed by atoms with Crippen molar-refractivity contribution in [3.63, 3.8) is 0 Å². The van der Waals surface area contributed by atoms with E-state index in [1.807, 2.05) is 0 Å². The molecule has 0 spiro atoms. The normalized spacial score (nSPS) is 10.4. The zero-order valence-corrected chi connectivity index (χ0v) is 11.1. The van der Waals surface area contributed by atoms with E-state index in [0.29, 0.717) is 31.1 Å². The van der Waals surface area contributed by atoms with Gasteiger partial charge in [-0.2, -0.15) is 0 Å². The van der Waals surface area contributed by atoms with Crippen LogP contribution in [0.3, 0.4) is 0 Å². The van der Waals surface area contributed by atoms with Crippen molar-refractivity contribution in [2.24, 2.45) is 5.73 Å². The molecule has 0 saturated heterocycles. The summed E-state index contributed by atoms with van der Waals surface area (Å²) in [6.07, 6.45) is 0.862. The van der Waals surface area contributed by atoms with E-state index >= 15 is 0 Å². The van der Waals surface area contributed by atoms with Crippen LogP contribution < -0.4 is 16.8 Å². The molecule has 1 aromatic carbocycles. The van der Waals surface area contributed by atoms with Crippen molar-refractivity contribution in [1.29, 1.82) is 0 Å². The van der Waals surface area contributed by atoms with Gasteiger partial charge < -0.3 is 26.3 Å².